The Balaban J connectivity index is 2.64. The lowest BCUT2D eigenvalue weighted by molar-refractivity contribution is 1.39. The summed E-state index contributed by atoms with van der Waals surface area (Å²) in [6.07, 6.45) is 1.93. The average Bonchev–Trinajstić information content (AvgIpc) is 2.59. The number of nitrogens with two attached hydrogens (primary N) is 1. The predicted molar refractivity (Wildman–Crippen MR) is 59.1 cm³/mol. The number of H-pyrrole nitrogens is 1. The van der Waals surface area contributed by atoms with Gasteiger partial charge in [0.25, 0.3) is 0 Å². The molecule has 1 heterocycles. The summed E-state index contributed by atoms with van der Waals surface area (Å²) < 4.78 is 0. The highest BCUT2D eigenvalue weighted by Crippen LogP contribution is 2.30. The molecule has 0 unspecified atom stereocenters. The zero-order valence-electron chi connectivity index (χ0n) is 7.50. The number of fused-ring (bicyclic) bond motifs is 1. The number of benzene rings is 1. The third kappa shape index (κ3) is 1.40. The summed E-state index contributed by atoms with van der Waals surface area (Å²) in [5.41, 5.74) is 7.84. The number of thioether (sulfide) groups is 1. The van der Waals surface area contributed by atoms with Crippen LogP contribution in [0.15, 0.2) is 29.3 Å². The van der Waals surface area contributed by atoms with Crippen LogP contribution in [0.4, 0.5) is 5.69 Å². The maximum absolute atomic E-state index is 5.84. The summed E-state index contributed by atoms with van der Waals surface area (Å²) >= 11 is 1.83. The van der Waals surface area contributed by atoms with Gasteiger partial charge in [0.2, 0.25) is 0 Å². The molecular formula is C10H12N2S. The third-order valence-electron chi connectivity index (χ3n) is 2.02. The van der Waals surface area contributed by atoms with Crippen molar-refractivity contribution in [2.24, 2.45) is 0 Å². The Morgan fingerprint density at radius 1 is 1.38 bits per heavy atom. The van der Waals surface area contributed by atoms with Gasteiger partial charge in [-0.1, -0.05) is 6.92 Å². The predicted octanol–water partition coefficient (Wildman–Crippen LogP) is 2.86. The van der Waals surface area contributed by atoms with Crippen LogP contribution in [0.3, 0.4) is 0 Å². The number of rotatable bonds is 2. The van der Waals surface area contributed by atoms with E-state index in [1.54, 1.807) is 0 Å². The molecular weight excluding hydrogens is 180 g/mol. The van der Waals surface area contributed by atoms with Crippen molar-refractivity contribution in [1.29, 1.82) is 0 Å². The molecule has 0 radical (unpaired) electrons. The van der Waals surface area contributed by atoms with Crippen molar-refractivity contribution < 1.29 is 0 Å². The molecule has 0 aliphatic rings. The Bertz CT molecular complexity index is 420. The van der Waals surface area contributed by atoms with Crippen molar-refractivity contribution in [3.8, 4) is 0 Å². The minimum Gasteiger partial charge on any atom is -0.398 e. The van der Waals surface area contributed by atoms with Crippen LogP contribution >= 0.6 is 11.8 Å². The van der Waals surface area contributed by atoms with Crippen LogP contribution in [0.25, 0.3) is 10.9 Å². The van der Waals surface area contributed by atoms with Crippen molar-refractivity contribution in [2.75, 3.05) is 11.5 Å². The van der Waals surface area contributed by atoms with Crippen molar-refractivity contribution in [1.82, 2.24) is 4.98 Å². The molecule has 1 aromatic carbocycles. The summed E-state index contributed by atoms with van der Waals surface area (Å²) in [6.45, 7) is 2.15. The number of hydrogen-bond acceptors (Lipinski definition) is 2. The van der Waals surface area contributed by atoms with E-state index >= 15 is 0 Å². The summed E-state index contributed by atoms with van der Waals surface area (Å²) in [5, 5.41) is 1.12. The van der Waals surface area contributed by atoms with E-state index in [-0.39, 0.29) is 0 Å². The number of aromatic nitrogens is 1. The quantitative estimate of drug-likeness (QED) is 0.567. The Kier molecular flexibility index (Phi) is 2.19. The Morgan fingerprint density at radius 2 is 2.23 bits per heavy atom. The third-order valence-corrected chi connectivity index (χ3v) is 2.96. The van der Waals surface area contributed by atoms with Crippen molar-refractivity contribution in [3.05, 3.63) is 24.4 Å². The molecule has 0 spiro atoms. The van der Waals surface area contributed by atoms with E-state index in [0.717, 1.165) is 22.3 Å². The van der Waals surface area contributed by atoms with Crippen LogP contribution in [0.2, 0.25) is 0 Å². The van der Waals surface area contributed by atoms with Gasteiger partial charge in [-0.15, -0.1) is 11.8 Å². The smallest absolute Gasteiger partial charge is 0.0612 e. The number of nitrogen functional groups attached to an aromatic ring is 1. The van der Waals surface area contributed by atoms with Gasteiger partial charge in [0.15, 0.2) is 0 Å². The molecule has 0 aliphatic carbocycles. The summed E-state index contributed by atoms with van der Waals surface area (Å²) in [6, 6.07) is 6.06. The molecule has 2 nitrogen and oxygen atoms in total. The average molecular weight is 192 g/mol. The number of aromatic amines is 1. The number of hydrogen-bond donors (Lipinski definition) is 2. The molecule has 2 aromatic rings. The minimum absolute atomic E-state index is 0.844. The van der Waals surface area contributed by atoms with Gasteiger partial charge in [0.1, 0.15) is 0 Å². The first-order valence-electron chi connectivity index (χ1n) is 4.31. The van der Waals surface area contributed by atoms with Gasteiger partial charge in [-0.05, 0) is 24.0 Å². The lowest BCUT2D eigenvalue weighted by atomic mass is 10.2. The van der Waals surface area contributed by atoms with Crippen molar-refractivity contribution >= 4 is 28.4 Å². The molecule has 2 rings (SSSR count). The lowest BCUT2D eigenvalue weighted by Crippen LogP contribution is -1.86. The molecule has 0 fully saturated rings. The maximum Gasteiger partial charge on any atom is 0.0612 e. The standard InChI is InChI=1S/C10H12N2S/c1-2-13-9-4-3-8(11)7-5-6-12-10(7)9/h3-6,12H,2,11H2,1H3. The van der Waals surface area contributed by atoms with E-state index in [4.69, 9.17) is 5.73 Å². The molecule has 0 aliphatic heterocycles. The van der Waals surface area contributed by atoms with E-state index in [0.29, 0.717) is 0 Å². The highest BCUT2D eigenvalue weighted by atomic mass is 32.2. The Hall–Kier alpha value is -1.09. The molecule has 0 atom stereocenters. The molecule has 3 N–H and O–H groups in total. The van der Waals surface area contributed by atoms with Crippen LogP contribution < -0.4 is 5.73 Å². The lowest BCUT2D eigenvalue weighted by Gasteiger charge is -2.02. The van der Waals surface area contributed by atoms with Gasteiger partial charge in [-0.25, -0.2) is 0 Å². The van der Waals surface area contributed by atoms with Crippen molar-refractivity contribution in [3.63, 3.8) is 0 Å². The first-order valence-corrected chi connectivity index (χ1v) is 5.30. The normalized spacial score (nSPS) is 10.8. The van der Waals surface area contributed by atoms with E-state index < -0.39 is 0 Å². The summed E-state index contributed by atoms with van der Waals surface area (Å²) in [5.74, 6) is 1.08. The molecule has 0 bridgehead atoms. The fourth-order valence-corrected chi connectivity index (χ4v) is 2.22. The van der Waals surface area contributed by atoms with E-state index in [1.807, 2.05) is 30.1 Å². The van der Waals surface area contributed by atoms with Crippen LogP contribution in [0.1, 0.15) is 6.92 Å². The van der Waals surface area contributed by atoms with Gasteiger partial charge in [-0.2, -0.15) is 0 Å². The zero-order valence-corrected chi connectivity index (χ0v) is 8.32. The Labute approximate surface area is 81.5 Å². The molecule has 0 saturated heterocycles. The molecule has 0 amide bonds. The van der Waals surface area contributed by atoms with Crippen molar-refractivity contribution in [2.45, 2.75) is 11.8 Å². The second-order valence-corrected chi connectivity index (χ2v) is 4.16. The fourth-order valence-electron chi connectivity index (χ4n) is 1.43. The van der Waals surface area contributed by atoms with Crippen LogP contribution in [-0.4, -0.2) is 10.7 Å². The monoisotopic (exact) mass is 192 g/mol. The molecule has 3 heteroatoms. The molecule has 0 saturated carbocycles. The highest BCUT2D eigenvalue weighted by molar-refractivity contribution is 7.99. The maximum atomic E-state index is 5.84. The number of anilines is 1. The SMILES string of the molecule is CCSc1ccc(N)c2cc[nH]c12. The molecule has 1 aromatic heterocycles. The van der Waals surface area contributed by atoms with Gasteiger partial charge >= 0.3 is 0 Å². The van der Waals surface area contributed by atoms with Gasteiger partial charge in [0, 0.05) is 22.2 Å². The summed E-state index contributed by atoms with van der Waals surface area (Å²) in [4.78, 5) is 4.49. The second kappa shape index (κ2) is 3.34. The van der Waals surface area contributed by atoms with E-state index in [1.165, 1.54) is 4.90 Å². The van der Waals surface area contributed by atoms with Crippen LogP contribution in [0.5, 0.6) is 0 Å². The van der Waals surface area contributed by atoms with E-state index in [2.05, 4.69) is 18.0 Å². The molecule has 68 valence electrons. The Morgan fingerprint density at radius 3 is 3.00 bits per heavy atom. The fraction of sp³-hybridized carbons (Fsp3) is 0.200. The first-order chi connectivity index (χ1) is 6.33. The van der Waals surface area contributed by atoms with Gasteiger partial charge in [-0.3, -0.25) is 0 Å². The van der Waals surface area contributed by atoms with Crippen LogP contribution in [0, 0.1) is 0 Å². The van der Waals surface area contributed by atoms with Gasteiger partial charge < -0.3 is 10.7 Å². The highest BCUT2D eigenvalue weighted by Gasteiger charge is 2.03. The van der Waals surface area contributed by atoms with Gasteiger partial charge in [0.05, 0.1) is 5.52 Å². The first kappa shape index (κ1) is 8.51. The minimum atomic E-state index is 0.844. The van der Waals surface area contributed by atoms with E-state index in [9.17, 15) is 0 Å². The van der Waals surface area contributed by atoms with Crippen LogP contribution in [-0.2, 0) is 0 Å². The number of nitrogens with one attached hydrogen (secondary N) is 1. The summed E-state index contributed by atoms with van der Waals surface area (Å²) in [7, 11) is 0. The topological polar surface area (TPSA) is 41.8 Å². The molecule has 13 heavy (non-hydrogen) atoms. The zero-order chi connectivity index (χ0) is 9.26. The largest absolute Gasteiger partial charge is 0.398 e. The second-order valence-electron chi connectivity index (χ2n) is 2.85.